The van der Waals surface area contributed by atoms with Gasteiger partial charge in [-0.15, -0.1) is 0 Å². The van der Waals surface area contributed by atoms with Crippen LogP contribution in [0.5, 0.6) is 5.75 Å². The second-order valence-electron chi connectivity index (χ2n) is 8.75. The highest BCUT2D eigenvalue weighted by Crippen LogP contribution is 2.45. The number of hydrogen-bond acceptors (Lipinski definition) is 6. The molecule has 2 fully saturated rings. The fourth-order valence-electron chi connectivity index (χ4n) is 4.85. The Morgan fingerprint density at radius 3 is 2.75 bits per heavy atom. The summed E-state index contributed by atoms with van der Waals surface area (Å²) in [5, 5.41) is 4.24. The highest BCUT2D eigenvalue weighted by Gasteiger charge is 2.39. The Bertz CT molecular complexity index is 1050. The Labute approximate surface area is 198 Å². The van der Waals surface area contributed by atoms with Gasteiger partial charge in [-0.05, 0) is 20.0 Å². The van der Waals surface area contributed by atoms with Crippen molar-refractivity contribution in [2.24, 2.45) is 0 Å². The van der Waals surface area contributed by atoms with Crippen molar-refractivity contribution in [3.05, 3.63) is 39.9 Å². The molecule has 1 amide bonds. The Balaban J connectivity index is 1.72. The normalized spacial score (nSPS) is 23.9. The van der Waals surface area contributed by atoms with Crippen molar-refractivity contribution >= 4 is 34.9 Å². The number of aromatic nitrogens is 1. The Hall–Kier alpha value is -2.06. The summed E-state index contributed by atoms with van der Waals surface area (Å²) >= 11 is 13.4. The van der Waals surface area contributed by atoms with E-state index in [0.29, 0.717) is 52.6 Å². The number of rotatable bonds is 2. The molecule has 9 heteroatoms. The SMILES string of the molecule is C[C@H]1CN(C)CCN1c1nc(-c2ccccc2Cl)c(Cl)c2c1C(=O)N1CCNC[C@@H]1CO2. The molecular formula is C23H27Cl2N5O2. The highest BCUT2D eigenvalue weighted by atomic mass is 35.5. The zero-order valence-corrected chi connectivity index (χ0v) is 19.8. The van der Waals surface area contributed by atoms with Crippen LogP contribution in [0.4, 0.5) is 5.82 Å². The molecule has 170 valence electrons. The van der Waals surface area contributed by atoms with Gasteiger partial charge in [-0.1, -0.05) is 41.4 Å². The maximum Gasteiger partial charge on any atom is 0.261 e. The van der Waals surface area contributed by atoms with Crippen LogP contribution in [0.15, 0.2) is 24.3 Å². The molecule has 0 bridgehead atoms. The van der Waals surface area contributed by atoms with E-state index in [9.17, 15) is 4.79 Å². The first kappa shape index (κ1) is 21.8. The van der Waals surface area contributed by atoms with Crippen molar-refractivity contribution in [3.63, 3.8) is 0 Å². The van der Waals surface area contributed by atoms with Gasteiger partial charge in [0.2, 0.25) is 0 Å². The lowest BCUT2D eigenvalue weighted by Gasteiger charge is -2.40. The monoisotopic (exact) mass is 475 g/mol. The van der Waals surface area contributed by atoms with Crippen LogP contribution in [0.1, 0.15) is 17.3 Å². The molecule has 3 aliphatic rings. The molecule has 3 aliphatic heterocycles. The number of likely N-dealkylation sites (N-methyl/N-ethyl adjacent to an activating group) is 1. The molecule has 2 saturated heterocycles. The summed E-state index contributed by atoms with van der Waals surface area (Å²) in [5.41, 5.74) is 1.74. The Kier molecular flexibility index (Phi) is 5.92. The average molecular weight is 476 g/mol. The first-order valence-electron chi connectivity index (χ1n) is 11.0. The highest BCUT2D eigenvalue weighted by molar-refractivity contribution is 6.37. The molecule has 32 heavy (non-hydrogen) atoms. The van der Waals surface area contributed by atoms with Crippen molar-refractivity contribution in [1.82, 2.24) is 20.1 Å². The van der Waals surface area contributed by atoms with Crippen LogP contribution in [0.3, 0.4) is 0 Å². The van der Waals surface area contributed by atoms with Gasteiger partial charge in [0.1, 0.15) is 23.0 Å². The van der Waals surface area contributed by atoms with Gasteiger partial charge >= 0.3 is 0 Å². The van der Waals surface area contributed by atoms with Crippen molar-refractivity contribution in [1.29, 1.82) is 0 Å². The lowest BCUT2D eigenvalue weighted by molar-refractivity contribution is 0.0606. The quantitative estimate of drug-likeness (QED) is 0.720. The van der Waals surface area contributed by atoms with Crippen LogP contribution < -0.4 is 15.0 Å². The van der Waals surface area contributed by atoms with Gasteiger partial charge in [0.05, 0.1) is 16.8 Å². The number of anilines is 1. The number of hydrogen-bond donors (Lipinski definition) is 1. The maximum absolute atomic E-state index is 13.8. The fourth-order valence-corrected chi connectivity index (χ4v) is 5.37. The van der Waals surface area contributed by atoms with Crippen molar-refractivity contribution < 1.29 is 9.53 Å². The minimum absolute atomic E-state index is 0.0405. The molecule has 4 heterocycles. The smallest absolute Gasteiger partial charge is 0.261 e. The molecule has 1 aromatic carbocycles. The molecule has 0 saturated carbocycles. The molecule has 2 aromatic rings. The van der Waals surface area contributed by atoms with E-state index in [4.69, 9.17) is 32.9 Å². The third-order valence-electron chi connectivity index (χ3n) is 6.55. The topological polar surface area (TPSA) is 60.9 Å². The van der Waals surface area contributed by atoms with E-state index < -0.39 is 0 Å². The second-order valence-corrected chi connectivity index (χ2v) is 9.54. The van der Waals surface area contributed by atoms with Gasteiger partial charge in [0.15, 0.2) is 5.75 Å². The summed E-state index contributed by atoms with van der Waals surface area (Å²) < 4.78 is 6.25. The van der Waals surface area contributed by atoms with Crippen LogP contribution in [0, 0.1) is 0 Å². The number of nitrogens with zero attached hydrogens (tertiary/aromatic N) is 4. The van der Waals surface area contributed by atoms with Crippen LogP contribution in [0.25, 0.3) is 11.3 Å². The molecule has 2 atom stereocenters. The molecule has 0 unspecified atom stereocenters. The summed E-state index contributed by atoms with van der Waals surface area (Å²) in [7, 11) is 2.11. The van der Waals surface area contributed by atoms with E-state index in [2.05, 4.69) is 29.1 Å². The first-order chi connectivity index (χ1) is 15.5. The van der Waals surface area contributed by atoms with Gasteiger partial charge in [-0.3, -0.25) is 4.79 Å². The van der Waals surface area contributed by atoms with Crippen LogP contribution >= 0.6 is 23.2 Å². The van der Waals surface area contributed by atoms with Gasteiger partial charge in [0, 0.05) is 50.9 Å². The molecule has 7 nitrogen and oxygen atoms in total. The zero-order valence-electron chi connectivity index (χ0n) is 18.3. The third kappa shape index (κ3) is 3.71. The lowest BCUT2D eigenvalue weighted by atomic mass is 10.1. The third-order valence-corrected chi connectivity index (χ3v) is 7.23. The van der Waals surface area contributed by atoms with E-state index in [0.717, 1.165) is 31.7 Å². The summed E-state index contributed by atoms with van der Waals surface area (Å²) in [6.07, 6.45) is 0. The predicted molar refractivity (Wildman–Crippen MR) is 127 cm³/mol. The largest absolute Gasteiger partial charge is 0.489 e. The Morgan fingerprint density at radius 2 is 1.97 bits per heavy atom. The van der Waals surface area contributed by atoms with Crippen molar-refractivity contribution in [2.45, 2.75) is 19.0 Å². The number of piperazine rings is 2. The molecule has 1 aromatic heterocycles. The lowest BCUT2D eigenvalue weighted by Crippen LogP contribution is -2.55. The fraction of sp³-hybridized carbons (Fsp3) is 0.478. The summed E-state index contributed by atoms with van der Waals surface area (Å²) in [6, 6.07) is 7.63. The minimum Gasteiger partial charge on any atom is -0.489 e. The second kappa shape index (κ2) is 8.71. The summed E-state index contributed by atoms with van der Waals surface area (Å²) in [5.74, 6) is 0.978. The molecule has 0 spiro atoms. The number of amides is 1. The first-order valence-corrected chi connectivity index (χ1v) is 11.8. The van der Waals surface area contributed by atoms with E-state index >= 15 is 0 Å². The number of carbonyl (C=O) groups excluding carboxylic acids is 1. The number of benzene rings is 1. The van der Waals surface area contributed by atoms with Gasteiger partial charge in [-0.25, -0.2) is 4.98 Å². The molecular weight excluding hydrogens is 449 g/mol. The molecule has 5 rings (SSSR count). The van der Waals surface area contributed by atoms with Crippen molar-refractivity contribution in [3.8, 4) is 17.0 Å². The van der Waals surface area contributed by atoms with Crippen LogP contribution in [-0.2, 0) is 0 Å². The van der Waals surface area contributed by atoms with Gasteiger partial charge in [0.25, 0.3) is 5.91 Å². The van der Waals surface area contributed by atoms with E-state index in [1.165, 1.54) is 0 Å². The number of fused-ring (bicyclic) bond motifs is 2. The maximum atomic E-state index is 13.8. The number of carbonyl (C=O) groups is 1. The van der Waals surface area contributed by atoms with E-state index in [1.807, 2.05) is 29.2 Å². The van der Waals surface area contributed by atoms with Gasteiger partial charge < -0.3 is 24.8 Å². The van der Waals surface area contributed by atoms with Gasteiger partial charge in [-0.2, -0.15) is 0 Å². The number of ether oxygens (including phenoxy) is 1. The van der Waals surface area contributed by atoms with Crippen LogP contribution in [0.2, 0.25) is 10.0 Å². The van der Waals surface area contributed by atoms with E-state index in [1.54, 1.807) is 0 Å². The van der Waals surface area contributed by atoms with Crippen LogP contribution in [-0.4, -0.2) is 85.7 Å². The number of pyridine rings is 1. The molecule has 0 radical (unpaired) electrons. The van der Waals surface area contributed by atoms with E-state index in [-0.39, 0.29) is 18.0 Å². The predicted octanol–water partition coefficient (Wildman–Crippen LogP) is 3.00. The van der Waals surface area contributed by atoms with Crippen molar-refractivity contribution in [2.75, 3.05) is 57.8 Å². The Morgan fingerprint density at radius 1 is 1.16 bits per heavy atom. The summed E-state index contributed by atoms with van der Waals surface area (Å²) in [6.45, 7) is 7.16. The average Bonchev–Trinajstić information content (AvgIpc) is 2.93. The summed E-state index contributed by atoms with van der Waals surface area (Å²) in [4.78, 5) is 25.2. The zero-order chi connectivity index (χ0) is 22.4. The minimum atomic E-state index is -0.0646. The number of halogens is 2. The molecule has 1 N–H and O–H groups in total. The standard InChI is InChI=1S/C23H27Cl2N5O2/c1-14-12-28(2)9-10-29(14)22-18-21(32-13-15-11-26-7-8-30(15)23(18)31)19(25)20(27-22)16-5-3-4-6-17(16)24/h3-6,14-15,26H,7-13H2,1-2H3/t14-,15+/m0/s1. The number of nitrogens with one attached hydrogen (secondary N) is 1. The molecule has 0 aliphatic carbocycles.